The van der Waals surface area contributed by atoms with E-state index in [1.54, 1.807) is 0 Å². The fraction of sp³-hybridized carbons (Fsp3) is 0.545. The van der Waals surface area contributed by atoms with Crippen LogP contribution in [0.4, 0.5) is 0 Å². The lowest BCUT2D eigenvalue weighted by molar-refractivity contribution is 0.0707. The monoisotopic (exact) mass is 401 g/mol. The van der Waals surface area contributed by atoms with Crippen LogP contribution in [0.5, 0.6) is 5.75 Å². The number of ether oxygens (including phenoxy) is 2. The van der Waals surface area contributed by atoms with Gasteiger partial charge in [0.05, 0.1) is 6.61 Å². The SMILES string of the molecule is C[C@@H](NCCCCCOCn1ccc(=O)[nH]c1=O)c1cccc(OCC2CC2)c1. The molecule has 1 aromatic heterocycles. The van der Waals surface area contributed by atoms with Gasteiger partial charge in [0.2, 0.25) is 0 Å². The molecule has 1 aromatic carbocycles. The molecule has 7 heteroatoms. The third-order valence-corrected chi connectivity index (χ3v) is 5.08. The zero-order valence-electron chi connectivity index (χ0n) is 17.1. The molecule has 0 radical (unpaired) electrons. The number of aromatic amines is 1. The van der Waals surface area contributed by atoms with E-state index in [1.165, 1.54) is 35.2 Å². The second-order valence-electron chi connectivity index (χ2n) is 7.68. The van der Waals surface area contributed by atoms with Gasteiger partial charge in [-0.2, -0.15) is 0 Å². The Kier molecular flexibility index (Phi) is 8.07. The molecule has 0 spiro atoms. The predicted octanol–water partition coefficient (Wildman–Crippen LogP) is 2.82. The van der Waals surface area contributed by atoms with Gasteiger partial charge >= 0.3 is 5.69 Å². The van der Waals surface area contributed by atoms with Crippen LogP contribution in [0.25, 0.3) is 0 Å². The van der Waals surface area contributed by atoms with Crippen LogP contribution in [0.15, 0.2) is 46.1 Å². The fourth-order valence-electron chi connectivity index (χ4n) is 3.02. The molecule has 0 bridgehead atoms. The third kappa shape index (κ3) is 7.51. The smallest absolute Gasteiger partial charge is 0.330 e. The van der Waals surface area contributed by atoms with Crippen molar-refractivity contribution in [2.75, 3.05) is 19.8 Å². The summed E-state index contributed by atoms with van der Waals surface area (Å²) in [5, 5.41) is 3.56. The molecule has 7 nitrogen and oxygen atoms in total. The van der Waals surface area contributed by atoms with Gasteiger partial charge in [0.1, 0.15) is 12.5 Å². The summed E-state index contributed by atoms with van der Waals surface area (Å²) >= 11 is 0. The zero-order chi connectivity index (χ0) is 20.5. The molecular formula is C22H31N3O4. The van der Waals surface area contributed by atoms with Gasteiger partial charge in [-0.1, -0.05) is 12.1 Å². The Morgan fingerprint density at radius 1 is 1.21 bits per heavy atom. The predicted molar refractivity (Wildman–Crippen MR) is 112 cm³/mol. The summed E-state index contributed by atoms with van der Waals surface area (Å²) < 4.78 is 12.7. The summed E-state index contributed by atoms with van der Waals surface area (Å²) in [4.78, 5) is 24.7. The van der Waals surface area contributed by atoms with Gasteiger partial charge < -0.3 is 14.8 Å². The molecule has 1 fully saturated rings. The van der Waals surface area contributed by atoms with Crippen molar-refractivity contribution in [1.29, 1.82) is 0 Å². The maximum absolute atomic E-state index is 11.5. The third-order valence-electron chi connectivity index (χ3n) is 5.08. The van der Waals surface area contributed by atoms with Crippen LogP contribution in [0, 0.1) is 5.92 Å². The molecule has 2 aromatic rings. The van der Waals surface area contributed by atoms with Crippen molar-refractivity contribution in [2.24, 2.45) is 5.92 Å². The lowest BCUT2D eigenvalue weighted by Gasteiger charge is -2.15. The average molecular weight is 402 g/mol. The van der Waals surface area contributed by atoms with Gasteiger partial charge in [-0.15, -0.1) is 0 Å². The first-order valence-electron chi connectivity index (χ1n) is 10.5. The highest BCUT2D eigenvalue weighted by atomic mass is 16.5. The van der Waals surface area contributed by atoms with Crippen LogP contribution in [0.2, 0.25) is 0 Å². The molecule has 1 aliphatic carbocycles. The standard InChI is InChI=1S/C22H31N3O4/c1-17(19-6-5-7-20(14-19)29-15-18-8-9-18)23-11-3-2-4-13-28-16-25-12-10-21(26)24-22(25)27/h5-7,10,12,14,17-18,23H,2-4,8-9,11,13,15-16H2,1H3,(H,24,26,27)/t17-/m1/s1. The van der Waals surface area contributed by atoms with Gasteiger partial charge in [-0.3, -0.25) is 14.3 Å². The Bertz CT molecular complexity index is 873. The van der Waals surface area contributed by atoms with Crippen molar-refractivity contribution in [3.63, 3.8) is 0 Å². The van der Waals surface area contributed by atoms with E-state index in [0.717, 1.165) is 44.1 Å². The molecule has 0 saturated heterocycles. The van der Waals surface area contributed by atoms with Gasteiger partial charge in [0.25, 0.3) is 5.56 Å². The first-order chi connectivity index (χ1) is 14.1. The molecule has 3 rings (SSSR count). The second-order valence-corrected chi connectivity index (χ2v) is 7.68. The van der Waals surface area contributed by atoms with Gasteiger partial charge in [-0.25, -0.2) is 4.79 Å². The number of nitrogens with one attached hydrogen (secondary N) is 2. The Morgan fingerprint density at radius 3 is 2.86 bits per heavy atom. The minimum atomic E-state index is -0.447. The van der Waals surface area contributed by atoms with E-state index in [2.05, 4.69) is 35.4 Å². The molecular weight excluding hydrogens is 370 g/mol. The number of benzene rings is 1. The van der Waals surface area contributed by atoms with E-state index in [1.807, 2.05) is 6.07 Å². The molecule has 1 heterocycles. The molecule has 0 unspecified atom stereocenters. The Labute approximate surface area is 171 Å². The molecule has 1 aliphatic rings. The number of hydrogen-bond acceptors (Lipinski definition) is 5. The van der Waals surface area contributed by atoms with Gasteiger partial charge in [-0.05, 0) is 69.2 Å². The van der Waals surface area contributed by atoms with E-state index in [-0.39, 0.29) is 12.8 Å². The van der Waals surface area contributed by atoms with Gasteiger partial charge in [0.15, 0.2) is 0 Å². The Morgan fingerprint density at radius 2 is 2.07 bits per heavy atom. The maximum atomic E-state index is 11.5. The summed E-state index contributed by atoms with van der Waals surface area (Å²) in [7, 11) is 0. The molecule has 2 N–H and O–H groups in total. The molecule has 29 heavy (non-hydrogen) atoms. The quantitative estimate of drug-likeness (QED) is 0.504. The first-order valence-corrected chi connectivity index (χ1v) is 10.5. The van der Waals surface area contributed by atoms with Gasteiger partial charge in [0, 0.05) is 24.9 Å². The number of rotatable bonds is 13. The highest BCUT2D eigenvalue weighted by Gasteiger charge is 2.21. The van der Waals surface area contributed by atoms with Crippen molar-refractivity contribution in [3.8, 4) is 5.75 Å². The van der Waals surface area contributed by atoms with E-state index in [0.29, 0.717) is 6.61 Å². The second kappa shape index (κ2) is 11.0. The van der Waals surface area contributed by atoms with E-state index < -0.39 is 11.2 Å². The van der Waals surface area contributed by atoms with Crippen LogP contribution in [0.3, 0.4) is 0 Å². The summed E-state index contributed by atoms with van der Waals surface area (Å²) in [5.41, 5.74) is 0.399. The highest BCUT2D eigenvalue weighted by molar-refractivity contribution is 5.30. The Balaban J connectivity index is 1.26. The lowest BCUT2D eigenvalue weighted by Crippen LogP contribution is -2.29. The number of unbranched alkanes of at least 4 members (excludes halogenated alkanes) is 2. The minimum absolute atomic E-state index is 0.157. The summed E-state index contributed by atoms with van der Waals surface area (Å²) in [6.45, 7) is 4.69. The number of hydrogen-bond donors (Lipinski definition) is 2. The van der Waals surface area contributed by atoms with Crippen LogP contribution < -0.4 is 21.3 Å². The molecule has 0 aliphatic heterocycles. The van der Waals surface area contributed by atoms with Crippen molar-refractivity contribution < 1.29 is 9.47 Å². The molecule has 1 atom stereocenters. The Hall–Kier alpha value is -2.38. The average Bonchev–Trinajstić information content (AvgIpc) is 3.54. The normalized spacial score (nSPS) is 14.7. The maximum Gasteiger partial charge on any atom is 0.330 e. The van der Waals surface area contributed by atoms with E-state index in [9.17, 15) is 9.59 Å². The van der Waals surface area contributed by atoms with Crippen LogP contribution in [0.1, 0.15) is 50.6 Å². The topological polar surface area (TPSA) is 85.4 Å². The van der Waals surface area contributed by atoms with Crippen molar-refractivity contribution in [2.45, 2.75) is 51.8 Å². The summed E-state index contributed by atoms with van der Waals surface area (Å²) in [6.07, 6.45) is 7.08. The largest absolute Gasteiger partial charge is 0.493 e. The van der Waals surface area contributed by atoms with Crippen LogP contribution in [-0.4, -0.2) is 29.3 Å². The van der Waals surface area contributed by atoms with Crippen molar-refractivity contribution in [3.05, 3.63) is 62.9 Å². The number of aromatic nitrogens is 2. The van der Waals surface area contributed by atoms with Crippen molar-refractivity contribution in [1.82, 2.24) is 14.9 Å². The molecule has 1 saturated carbocycles. The van der Waals surface area contributed by atoms with E-state index in [4.69, 9.17) is 9.47 Å². The van der Waals surface area contributed by atoms with Crippen LogP contribution >= 0.6 is 0 Å². The van der Waals surface area contributed by atoms with Crippen molar-refractivity contribution >= 4 is 0 Å². The lowest BCUT2D eigenvalue weighted by atomic mass is 10.1. The fourth-order valence-corrected chi connectivity index (χ4v) is 3.02. The highest BCUT2D eigenvalue weighted by Crippen LogP contribution is 2.30. The molecule has 0 amide bonds. The summed E-state index contributed by atoms with van der Waals surface area (Å²) in [5.74, 6) is 1.72. The first kappa shape index (κ1) is 21.3. The minimum Gasteiger partial charge on any atom is -0.493 e. The number of nitrogens with zero attached hydrogens (tertiary/aromatic N) is 1. The zero-order valence-corrected chi connectivity index (χ0v) is 17.1. The number of H-pyrrole nitrogens is 1. The van der Waals surface area contributed by atoms with E-state index >= 15 is 0 Å². The molecule has 158 valence electrons. The summed E-state index contributed by atoms with van der Waals surface area (Å²) in [6, 6.07) is 9.94. The van der Waals surface area contributed by atoms with Crippen LogP contribution in [-0.2, 0) is 11.5 Å².